The van der Waals surface area contributed by atoms with Gasteiger partial charge in [-0.05, 0) is 19.9 Å². The van der Waals surface area contributed by atoms with Crippen molar-refractivity contribution in [2.24, 2.45) is 0 Å². The highest BCUT2D eigenvalue weighted by atomic mass is 16.5. The molecule has 0 aliphatic carbocycles. The van der Waals surface area contributed by atoms with Crippen LogP contribution in [0.15, 0.2) is 23.3 Å². The van der Waals surface area contributed by atoms with Gasteiger partial charge in [0.15, 0.2) is 0 Å². The quantitative estimate of drug-likeness (QED) is 0.786. The van der Waals surface area contributed by atoms with Gasteiger partial charge in [0.2, 0.25) is 0 Å². The first kappa shape index (κ1) is 14.3. The van der Waals surface area contributed by atoms with Gasteiger partial charge in [0.1, 0.15) is 5.52 Å². The Bertz CT molecular complexity index is 674. The highest BCUT2D eigenvalue weighted by Gasteiger charge is 2.14. The zero-order valence-electron chi connectivity index (χ0n) is 11.4. The molecule has 0 spiro atoms. The second-order valence-corrected chi connectivity index (χ2v) is 4.53. The Balaban J connectivity index is 2.15. The number of aromatic nitrogens is 3. The molecule has 0 bridgehead atoms. The zero-order chi connectivity index (χ0) is 14.7. The molecular weight excluding hydrogens is 262 g/mol. The molecule has 108 valence electrons. The first-order chi connectivity index (χ1) is 9.51. The number of ether oxygens (including phenoxy) is 1. The summed E-state index contributed by atoms with van der Waals surface area (Å²) in [4.78, 5) is 23.4. The van der Waals surface area contributed by atoms with E-state index in [4.69, 9.17) is 4.74 Å². The SMILES string of the molecule is CCOC(=O)CC(O)Cn1ccn2nc(C)cc2c1=O. The van der Waals surface area contributed by atoms with Crippen LogP contribution in [0.4, 0.5) is 0 Å². The molecule has 20 heavy (non-hydrogen) atoms. The van der Waals surface area contributed by atoms with Gasteiger partial charge in [0.05, 0.1) is 31.4 Å². The van der Waals surface area contributed by atoms with Crippen LogP contribution in [0.1, 0.15) is 19.0 Å². The third-order valence-electron chi connectivity index (χ3n) is 2.84. The van der Waals surface area contributed by atoms with Gasteiger partial charge in [-0.2, -0.15) is 5.10 Å². The van der Waals surface area contributed by atoms with Crippen molar-refractivity contribution < 1.29 is 14.6 Å². The molecule has 2 heterocycles. The Morgan fingerprint density at radius 3 is 2.95 bits per heavy atom. The van der Waals surface area contributed by atoms with Crippen molar-refractivity contribution in [3.05, 3.63) is 34.5 Å². The number of hydrogen-bond donors (Lipinski definition) is 1. The van der Waals surface area contributed by atoms with Crippen LogP contribution in [0, 0.1) is 6.92 Å². The second kappa shape index (κ2) is 5.87. The largest absolute Gasteiger partial charge is 0.466 e. The van der Waals surface area contributed by atoms with E-state index < -0.39 is 12.1 Å². The average molecular weight is 279 g/mol. The Hall–Kier alpha value is -2.15. The Kier molecular flexibility index (Phi) is 4.19. The second-order valence-electron chi connectivity index (χ2n) is 4.53. The third-order valence-corrected chi connectivity index (χ3v) is 2.84. The number of hydrogen-bond acceptors (Lipinski definition) is 5. The van der Waals surface area contributed by atoms with Crippen molar-refractivity contribution in [2.45, 2.75) is 32.9 Å². The molecule has 0 amide bonds. The van der Waals surface area contributed by atoms with Gasteiger partial charge in [-0.1, -0.05) is 0 Å². The van der Waals surface area contributed by atoms with Gasteiger partial charge in [0.25, 0.3) is 5.56 Å². The third kappa shape index (κ3) is 3.05. The smallest absolute Gasteiger partial charge is 0.308 e. The van der Waals surface area contributed by atoms with E-state index in [1.165, 1.54) is 15.3 Å². The molecule has 0 aliphatic heterocycles. The first-order valence-corrected chi connectivity index (χ1v) is 6.40. The maximum Gasteiger partial charge on any atom is 0.308 e. The summed E-state index contributed by atoms with van der Waals surface area (Å²) in [5, 5.41) is 14.0. The fourth-order valence-electron chi connectivity index (χ4n) is 2.00. The summed E-state index contributed by atoms with van der Waals surface area (Å²) in [6.45, 7) is 3.81. The molecule has 0 saturated carbocycles. The lowest BCUT2D eigenvalue weighted by molar-refractivity contribution is -0.145. The maximum atomic E-state index is 12.2. The number of aliphatic hydroxyl groups is 1. The number of esters is 1. The molecule has 0 aromatic carbocycles. The summed E-state index contributed by atoms with van der Waals surface area (Å²) >= 11 is 0. The van der Waals surface area contributed by atoms with Gasteiger partial charge in [-0.25, -0.2) is 4.52 Å². The molecule has 1 atom stereocenters. The van der Waals surface area contributed by atoms with Crippen molar-refractivity contribution in [1.29, 1.82) is 0 Å². The normalized spacial score (nSPS) is 12.6. The number of rotatable bonds is 5. The summed E-state index contributed by atoms with van der Waals surface area (Å²) in [5.41, 5.74) is 0.927. The maximum absolute atomic E-state index is 12.2. The van der Waals surface area contributed by atoms with Crippen LogP contribution < -0.4 is 5.56 Å². The molecule has 7 heteroatoms. The van der Waals surface area contributed by atoms with Crippen LogP contribution in [0.3, 0.4) is 0 Å². The van der Waals surface area contributed by atoms with Crippen LogP contribution in [0.5, 0.6) is 0 Å². The van der Waals surface area contributed by atoms with E-state index in [-0.39, 0.29) is 25.1 Å². The van der Waals surface area contributed by atoms with Crippen molar-refractivity contribution >= 4 is 11.5 Å². The summed E-state index contributed by atoms with van der Waals surface area (Å²) in [7, 11) is 0. The van der Waals surface area contributed by atoms with E-state index in [0.717, 1.165) is 5.69 Å². The number of nitrogens with zero attached hydrogens (tertiary/aromatic N) is 3. The fourth-order valence-corrected chi connectivity index (χ4v) is 2.00. The number of carbonyl (C=O) groups is 1. The van der Waals surface area contributed by atoms with Gasteiger partial charge in [-0.15, -0.1) is 0 Å². The number of aliphatic hydroxyl groups excluding tert-OH is 1. The Morgan fingerprint density at radius 1 is 1.50 bits per heavy atom. The van der Waals surface area contributed by atoms with Gasteiger partial charge < -0.3 is 14.4 Å². The summed E-state index contributed by atoms with van der Waals surface area (Å²) < 4.78 is 7.61. The Morgan fingerprint density at radius 2 is 2.25 bits per heavy atom. The van der Waals surface area contributed by atoms with Crippen molar-refractivity contribution in [3.8, 4) is 0 Å². The highest BCUT2D eigenvalue weighted by Crippen LogP contribution is 2.02. The Labute approximate surface area is 115 Å². The van der Waals surface area contributed by atoms with E-state index >= 15 is 0 Å². The van der Waals surface area contributed by atoms with Crippen LogP contribution in [0.25, 0.3) is 5.52 Å². The van der Waals surface area contributed by atoms with Gasteiger partial charge in [0, 0.05) is 12.4 Å². The van der Waals surface area contributed by atoms with Gasteiger partial charge >= 0.3 is 5.97 Å². The van der Waals surface area contributed by atoms with Gasteiger partial charge in [-0.3, -0.25) is 9.59 Å². The van der Waals surface area contributed by atoms with E-state index in [9.17, 15) is 14.7 Å². The van der Waals surface area contributed by atoms with Crippen molar-refractivity contribution in [3.63, 3.8) is 0 Å². The van der Waals surface area contributed by atoms with Crippen molar-refractivity contribution in [1.82, 2.24) is 14.2 Å². The number of fused-ring (bicyclic) bond motifs is 1. The topological polar surface area (TPSA) is 85.8 Å². The molecule has 1 N–H and O–H groups in total. The number of aryl methyl sites for hydroxylation is 1. The minimum absolute atomic E-state index is 0.0401. The van der Waals surface area contributed by atoms with E-state index in [2.05, 4.69) is 5.10 Å². The lowest BCUT2D eigenvalue weighted by Gasteiger charge is -2.12. The van der Waals surface area contributed by atoms with E-state index in [1.807, 2.05) is 0 Å². The lowest BCUT2D eigenvalue weighted by Crippen LogP contribution is -2.29. The molecule has 0 radical (unpaired) electrons. The molecule has 2 aromatic rings. The van der Waals surface area contributed by atoms with Crippen LogP contribution in [-0.2, 0) is 16.1 Å². The van der Waals surface area contributed by atoms with E-state index in [0.29, 0.717) is 5.52 Å². The minimum atomic E-state index is -0.960. The summed E-state index contributed by atoms with van der Waals surface area (Å²) in [6, 6.07) is 1.68. The van der Waals surface area contributed by atoms with E-state index in [1.54, 1.807) is 26.1 Å². The van der Waals surface area contributed by atoms with Crippen LogP contribution in [-0.4, -0.2) is 38.0 Å². The monoisotopic (exact) mass is 279 g/mol. The molecule has 2 rings (SSSR count). The van der Waals surface area contributed by atoms with Crippen LogP contribution in [0.2, 0.25) is 0 Å². The molecule has 1 unspecified atom stereocenters. The molecule has 0 saturated heterocycles. The lowest BCUT2D eigenvalue weighted by atomic mass is 10.2. The fraction of sp³-hybridized carbons (Fsp3) is 0.462. The molecule has 0 fully saturated rings. The molecular formula is C13H17N3O4. The number of carbonyl (C=O) groups excluding carboxylic acids is 1. The molecule has 2 aromatic heterocycles. The highest BCUT2D eigenvalue weighted by molar-refractivity contribution is 5.69. The summed E-state index contributed by atoms with van der Waals surface area (Å²) in [5.74, 6) is -0.477. The zero-order valence-corrected chi connectivity index (χ0v) is 11.4. The summed E-state index contributed by atoms with van der Waals surface area (Å²) in [6.07, 6.45) is 2.08. The molecule has 7 nitrogen and oxygen atoms in total. The first-order valence-electron chi connectivity index (χ1n) is 6.40. The minimum Gasteiger partial charge on any atom is -0.466 e. The molecule has 0 aliphatic rings. The predicted octanol–water partition coefficient (Wildman–Crippen LogP) is 0.119. The average Bonchev–Trinajstić information content (AvgIpc) is 2.74. The van der Waals surface area contributed by atoms with Crippen molar-refractivity contribution in [2.75, 3.05) is 6.61 Å². The standard InChI is InChI=1S/C13H17N3O4/c1-3-20-12(18)7-10(17)8-15-4-5-16-11(13(15)19)6-9(2)14-16/h4-6,10,17H,3,7-8H2,1-2H3. The van der Waals surface area contributed by atoms with Crippen LogP contribution >= 0.6 is 0 Å². The predicted molar refractivity (Wildman–Crippen MR) is 71.4 cm³/mol.